The Bertz CT molecular complexity index is 675. The first kappa shape index (κ1) is 16.5. The molecule has 9 heteroatoms. The molecule has 0 bridgehead atoms. The van der Waals surface area contributed by atoms with Gasteiger partial charge in [0.05, 0.1) is 18.1 Å². The van der Waals surface area contributed by atoms with E-state index in [-0.39, 0.29) is 43.3 Å². The minimum absolute atomic E-state index is 0.00344. The summed E-state index contributed by atoms with van der Waals surface area (Å²) >= 11 is 1.44. The maximum atomic E-state index is 12.5. The third-order valence-electron chi connectivity index (χ3n) is 4.59. The topological polar surface area (TPSA) is 89.5 Å². The number of carbonyl (C=O) groups is 1. The molecule has 0 N–H and O–H groups in total. The van der Waals surface area contributed by atoms with Gasteiger partial charge >= 0.3 is 6.01 Å². The van der Waals surface area contributed by atoms with Gasteiger partial charge in [-0.3, -0.25) is 4.79 Å². The standard InChI is InChI=1S/C14H19N3O4S2/c1-22-8-12(18)17-9-14(10-17)11(3-6-23(14,19)20)7-21-13-15-4-2-5-16-13/h2,4-5,11H,3,6-10H2,1H3/t11-/m1/s1. The van der Waals surface area contributed by atoms with Gasteiger partial charge in [-0.1, -0.05) is 0 Å². The molecule has 23 heavy (non-hydrogen) atoms. The molecule has 1 aromatic rings. The molecule has 2 saturated heterocycles. The number of aromatic nitrogens is 2. The van der Waals surface area contributed by atoms with Crippen LogP contribution in [0.5, 0.6) is 6.01 Å². The average Bonchev–Trinajstić information content (AvgIpc) is 2.75. The van der Waals surface area contributed by atoms with Gasteiger partial charge in [-0.15, -0.1) is 0 Å². The van der Waals surface area contributed by atoms with E-state index in [1.54, 1.807) is 23.4 Å². The Balaban J connectivity index is 1.68. The van der Waals surface area contributed by atoms with Crippen LogP contribution in [0.4, 0.5) is 0 Å². The fourth-order valence-electron chi connectivity index (χ4n) is 3.23. The highest BCUT2D eigenvalue weighted by Gasteiger charge is 2.62. The molecule has 1 amide bonds. The molecule has 1 atom stereocenters. The second-order valence-corrected chi connectivity index (χ2v) is 9.21. The zero-order valence-corrected chi connectivity index (χ0v) is 14.5. The number of hydrogen-bond donors (Lipinski definition) is 0. The van der Waals surface area contributed by atoms with Crippen molar-refractivity contribution in [1.29, 1.82) is 0 Å². The zero-order valence-electron chi connectivity index (χ0n) is 12.8. The van der Waals surface area contributed by atoms with Gasteiger partial charge in [0.2, 0.25) is 5.91 Å². The van der Waals surface area contributed by atoms with Crippen LogP contribution in [-0.4, -0.2) is 71.4 Å². The molecule has 0 unspecified atom stereocenters. The van der Waals surface area contributed by atoms with Gasteiger partial charge in [0.15, 0.2) is 9.84 Å². The highest BCUT2D eigenvalue weighted by Crippen LogP contribution is 2.44. The quantitative estimate of drug-likeness (QED) is 0.745. The van der Waals surface area contributed by atoms with Crippen molar-refractivity contribution in [3.05, 3.63) is 18.5 Å². The van der Waals surface area contributed by atoms with Gasteiger partial charge in [-0.25, -0.2) is 18.4 Å². The maximum Gasteiger partial charge on any atom is 0.316 e. The Labute approximate surface area is 139 Å². The summed E-state index contributed by atoms with van der Waals surface area (Å²) in [6.07, 6.45) is 5.57. The van der Waals surface area contributed by atoms with Gasteiger partial charge in [-0.05, 0) is 18.7 Å². The lowest BCUT2D eigenvalue weighted by molar-refractivity contribution is -0.134. The molecule has 1 spiro atoms. The molecule has 3 rings (SSSR count). The van der Waals surface area contributed by atoms with Crippen LogP contribution in [0.15, 0.2) is 18.5 Å². The smallest absolute Gasteiger partial charge is 0.316 e. The van der Waals surface area contributed by atoms with Crippen molar-refractivity contribution in [2.75, 3.05) is 37.5 Å². The molecule has 0 saturated carbocycles. The van der Waals surface area contributed by atoms with Crippen molar-refractivity contribution in [2.24, 2.45) is 5.92 Å². The maximum absolute atomic E-state index is 12.5. The molecule has 7 nitrogen and oxygen atoms in total. The number of carbonyl (C=O) groups excluding carboxylic acids is 1. The molecule has 3 heterocycles. The first-order valence-electron chi connectivity index (χ1n) is 7.37. The lowest BCUT2D eigenvalue weighted by Crippen LogP contribution is -2.69. The van der Waals surface area contributed by atoms with Crippen LogP contribution in [0.25, 0.3) is 0 Å². The van der Waals surface area contributed by atoms with Gasteiger partial charge in [-0.2, -0.15) is 11.8 Å². The molecule has 126 valence electrons. The van der Waals surface area contributed by atoms with E-state index in [0.717, 1.165) is 0 Å². The molecule has 0 aromatic carbocycles. The summed E-state index contributed by atoms with van der Waals surface area (Å²) in [5, 5.41) is 0. The van der Waals surface area contributed by atoms with E-state index in [1.807, 2.05) is 6.26 Å². The van der Waals surface area contributed by atoms with E-state index in [2.05, 4.69) is 9.97 Å². The lowest BCUT2D eigenvalue weighted by atomic mass is 9.83. The van der Waals surface area contributed by atoms with Crippen molar-refractivity contribution in [3.8, 4) is 6.01 Å². The fraction of sp³-hybridized carbons (Fsp3) is 0.643. The minimum atomic E-state index is -3.21. The van der Waals surface area contributed by atoms with Crippen molar-refractivity contribution in [1.82, 2.24) is 14.9 Å². The number of thioether (sulfide) groups is 1. The number of ether oxygens (including phenoxy) is 1. The van der Waals surface area contributed by atoms with Gasteiger partial charge in [0.1, 0.15) is 4.75 Å². The third kappa shape index (κ3) is 2.91. The highest BCUT2D eigenvalue weighted by atomic mass is 32.2. The van der Waals surface area contributed by atoms with E-state index in [4.69, 9.17) is 4.74 Å². The Morgan fingerprint density at radius 2 is 2.13 bits per heavy atom. The van der Waals surface area contributed by atoms with E-state index in [0.29, 0.717) is 12.2 Å². The molecule has 1 aromatic heterocycles. The van der Waals surface area contributed by atoms with Crippen LogP contribution >= 0.6 is 11.8 Å². The lowest BCUT2D eigenvalue weighted by Gasteiger charge is -2.49. The fourth-order valence-corrected chi connectivity index (χ4v) is 6.06. The van der Waals surface area contributed by atoms with E-state index in [1.165, 1.54) is 11.8 Å². The van der Waals surface area contributed by atoms with Crippen molar-refractivity contribution in [3.63, 3.8) is 0 Å². The number of sulfone groups is 1. The molecular formula is C14H19N3O4S2. The molecule has 0 aliphatic carbocycles. The minimum Gasteiger partial charge on any atom is -0.463 e. The average molecular weight is 357 g/mol. The van der Waals surface area contributed by atoms with Gasteiger partial charge in [0, 0.05) is 31.4 Å². The van der Waals surface area contributed by atoms with E-state index >= 15 is 0 Å². The van der Waals surface area contributed by atoms with Crippen LogP contribution in [0, 0.1) is 5.92 Å². The van der Waals surface area contributed by atoms with Crippen LogP contribution in [0.2, 0.25) is 0 Å². The molecule has 2 fully saturated rings. The summed E-state index contributed by atoms with van der Waals surface area (Å²) in [6.45, 7) is 0.810. The Morgan fingerprint density at radius 1 is 1.43 bits per heavy atom. The number of rotatable bonds is 5. The normalized spacial score (nSPS) is 24.4. The molecular weight excluding hydrogens is 338 g/mol. The summed E-state index contributed by atoms with van der Waals surface area (Å²) in [4.78, 5) is 21.5. The number of amides is 1. The second-order valence-electron chi connectivity index (χ2n) is 5.89. The Hall–Kier alpha value is -1.35. The largest absolute Gasteiger partial charge is 0.463 e. The summed E-state index contributed by atoms with van der Waals surface area (Å²) in [6, 6.07) is 1.94. The summed E-state index contributed by atoms with van der Waals surface area (Å²) in [7, 11) is -3.21. The van der Waals surface area contributed by atoms with Crippen molar-refractivity contribution >= 4 is 27.5 Å². The second kappa shape index (κ2) is 6.27. The SMILES string of the molecule is CSCC(=O)N1CC2(C1)[C@@H](COc1ncccn1)CCS2(=O)=O. The van der Waals surface area contributed by atoms with E-state index < -0.39 is 14.6 Å². The summed E-state index contributed by atoms with van der Waals surface area (Å²) in [5.41, 5.74) is 0. The van der Waals surface area contributed by atoms with Gasteiger partial charge < -0.3 is 9.64 Å². The zero-order chi connectivity index (χ0) is 16.5. The Kier molecular flexibility index (Phi) is 4.50. The molecule has 2 aliphatic heterocycles. The highest BCUT2D eigenvalue weighted by molar-refractivity contribution is 7.99. The molecule has 0 radical (unpaired) electrons. The number of likely N-dealkylation sites (tertiary alicyclic amines) is 1. The monoisotopic (exact) mass is 357 g/mol. The van der Waals surface area contributed by atoms with Crippen LogP contribution in [0.1, 0.15) is 6.42 Å². The predicted octanol–water partition coefficient (Wildman–Crippen LogP) is 0.234. The number of nitrogens with zero attached hydrogens (tertiary/aromatic N) is 3. The first-order chi connectivity index (χ1) is 11.0. The van der Waals surface area contributed by atoms with E-state index in [9.17, 15) is 13.2 Å². The third-order valence-corrected chi connectivity index (χ3v) is 7.73. The van der Waals surface area contributed by atoms with Crippen molar-refractivity contribution in [2.45, 2.75) is 11.2 Å². The first-order valence-corrected chi connectivity index (χ1v) is 10.4. The van der Waals surface area contributed by atoms with Crippen LogP contribution < -0.4 is 4.74 Å². The summed E-state index contributed by atoms with van der Waals surface area (Å²) < 4.78 is 29.7. The number of hydrogen-bond acceptors (Lipinski definition) is 7. The Morgan fingerprint density at radius 3 is 2.78 bits per heavy atom. The summed E-state index contributed by atoms with van der Waals surface area (Å²) in [5.74, 6) is 0.405. The molecule has 2 aliphatic rings. The predicted molar refractivity (Wildman–Crippen MR) is 87.1 cm³/mol. The van der Waals surface area contributed by atoms with Gasteiger partial charge in [0.25, 0.3) is 0 Å². The van der Waals surface area contributed by atoms with Crippen LogP contribution in [-0.2, 0) is 14.6 Å². The van der Waals surface area contributed by atoms with Crippen LogP contribution in [0.3, 0.4) is 0 Å². The van der Waals surface area contributed by atoms with Crippen molar-refractivity contribution < 1.29 is 17.9 Å².